The number of aromatic nitrogens is 2. The number of carbonyl (C=O) groups excluding carboxylic acids is 2. The van der Waals surface area contributed by atoms with E-state index in [0.717, 1.165) is 29.1 Å². The van der Waals surface area contributed by atoms with Crippen molar-refractivity contribution in [2.24, 2.45) is 0 Å². The highest BCUT2D eigenvalue weighted by molar-refractivity contribution is 6.07. The smallest absolute Gasteiger partial charge is 0.248 e. The van der Waals surface area contributed by atoms with Crippen LogP contribution in [-0.4, -0.2) is 22.0 Å². The van der Waals surface area contributed by atoms with E-state index in [-0.39, 0.29) is 22.7 Å². The molecule has 0 saturated heterocycles. The fourth-order valence-electron chi connectivity index (χ4n) is 2.97. The number of nitriles is 1. The molecule has 1 aromatic heterocycles. The number of rotatable bonds is 6. The Balaban J connectivity index is 1.35. The number of para-hydroxylation sites is 1. The summed E-state index contributed by atoms with van der Waals surface area (Å²) in [7, 11) is 0. The topological polar surface area (TPSA) is 120 Å². The van der Waals surface area contributed by atoms with E-state index in [1.54, 1.807) is 48.7 Å². The summed E-state index contributed by atoms with van der Waals surface area (Å²) in [5.74, 6) is -1.72. The molecule has 162 valence electrons. The van der Waals surface area contributed by atoms with Crippen LogP contribution in [0.2, 0.25) is 0 Å². The lowest BCUT2D eigenvalue weighted by atomic mass is 10.2. The monoisotopic (exact) mass is 441 g/mol. The van der Waals surface area contributed by atoms with E-state index in [2.05, 4.69) is 20.8 Å². The van der Waals surface area contributed by atoms with Gasteiger partial charge in [-0.1, -0.05) is 12.1 Å². The minimum Gasteiger partial charge on any atom is -0.453 e. The largest absolute Gasteiger partial charge is 0.453 e. The van der Waals surface area contributed by atoms with Crippen LogP contribution in [0.15, 0.2) is 79.0 Å². The minimum absolute atomic E-state index is 0.0970. The molecule has 4 aromatic rings. The zero-order valence-corrected chi connectivity index (χ0v) is 17.0. The first-order chi connectivity index (χ1) is 16.0. The van der Waals surface area contributed by atoms with Gasteiger partial charge in [-0.25, -0.2) is 4.39 Å². The number of nitrogens with zero attached hydrogens (tertiary/aromatic N) is 2. The summed E-state index contributed by atoms with van der Waals surface area (Å²) in [4.78, 5) is 24.2. The number of halogens is 1. The molecule has 33 heavy (non-hydrogen) atoms. The number of ether oxygens (including phenoxy) is 1. The van der Waals surface area contributed by atoms with Crippen molar-refractivity contribution < 1.29 is 18.7 Å². The third-order valence-electron chi connectivity index (χ3n) is 4.52. The summed E-state index contributed by atoms with van der Waals surface area (Å²) < 4.78 is 19.9. The highest BCUT2D eigenvalue weighted by atomic mass is 19.1. The number of fused-ring (bicyclic) bond motifs is 1. The Hall–Kier alpha value is -4.97. The van der Waals surface area contributed by atoms with Crippen molar-refractivity contribution in [3.63, 3.8) is 0 Å². The Morgan fingerprint density at radius 1 is 0.970 bits per heavy atom. The quantitative estimate of drug-likeness (QED) is 0.381. The lowest BCUT2D eigenvalue weighted by Gasteiger charge is -2.09. The van der Waals surface area contributed by atoms with Gasteiger partial charge in [0.05, 0.1) is 17.3 Å². The molecular formula is C24H16FN5O3. The minimum atomic E-state index is -0.725. The molecule has 8 nitrogen and oxygen atoms in total. The number of hydrogen-bond acceptors (Lipinski definition) is 5. The molecule has 0 bridgehead atoms. The molecule has 0 saturated carbocycles. The first-order valence-electron chi connectivity index (χ1n) is 9.71. The van der Waals surface area contributed by atoms with Gasteiger partial charge in [0.15, 0.2) is 11.6 Å². The lowest BCUT2D eigenvalue weighted by molar-refractivity contribution is -0.114. The second-order valence-electron chi connectivity index (χ2n) is 6.84. The van der Waals surface area contributed by atoms with Crippen molar-refractivity contribution in [1.29, 1.82) is 5.26 Å². The fraction of sp³-hybridized carbons (Fsp3) is 0. The molecule has 2 amide bonds. The summed E-state index contributed by atoms with van der Waals surface area (Å²) >= 11 is 0. The van der Waals surface area contributed by atoms with Crippen LogP contribution in [0.5, 0.6) is 11.5 Å². The van der Waals surface area contributed by atoms with Gasteiger partial charge in [0.1, 0.15) is 11.8 Å². The van der Waals surface area contributed by atoms with Crippen LogP contribution in [0.25, 0.3) is 10.9 Å². The van der Waals surface area contributed by atoms with E-state index in [1.807, 2.05) is 6.07 Å². The standard InChI is InChI=1S/C24H16FN5O3/c25-19-12-18(6-8-22(19)33-21-4-2-1-3-15(21)13-26)29-24(32)10-9-23(31)28-17-5-7-20-16(11-17)14-27-30-20/h1-12,14H,(H,27,30)(H,28,31)(H,29,32)/b10-9+. The van der Waals surface area contributed by atoms with Gasteiger partial charge >= 0.3 is 0 Å². The van der Waals surface area contributed by atoms with E-state index in [1.165, 1.54) is 12.1 Å². The van der Waals surface area contributed by atoms with Gasteiger partial charge in [-0.3, -0.25) is 14.7 Å². The summed E-state index contributed by atoms with van der Waals surface area (Å²) in [5.41, 5.74) is 1.83. The van der Waals surface area contributed by atoms with Gasteiger partial charge in [-0.2, -0.15) is 10.4 Å². The first kappa shape index (κ1) is 21.3. The summed E-state index contributed by atoms with van der Waals surface area (Å²) in [5, 5.41) is 21.8. The van der Waals surface area contributed by atoms with Crippen LogP contribution in [-0.2, 0) is 9.59 Å². The average Bonchev–Trinajstić information content (AvgIpc) is 3.28. The van der Waals surface area contributed by atoms with E-state index in [9.17, 15) is 14.0 Å². The molecule has 4 rings (SSSR count). The van der Waals surface area contributed by atoms with E-state index in [4.69, 9.17) is 10.00 Å². The van der Waals surface area contributed by atoms with Crippen molar-refractivity contribution >= 4 is 34.1 Å². The molecule has 9 heteroatoms. The number of carbonyl (C=O) groups is 2. The van der Waals surface area contributed by atoms with Gasteiger partial charge < -0.3 is 15.4 Å². The SMILES string of the molecule is N#Cc1ccccc1Oc1ccc(NC(=O)/C=C/C(=O)Nc2ccc3[nH]ncc3c2)cc1F. The molecule has 0 atom stereocenters. The highest BCUT2D eigenvalue weighted by Gasteiger charge is 2.10. The second-order valence-corrected chi connectivity index (χ2v) is 6.84. The third kappa shape index (κ3) is 5.21. The number of benzene rings is 3. The molecule has 3 N–H and O–H groups in total. The van der Waals surface area contributed by atoms with Crippen LogP contribution in [0.3, 0.4) is 0 Å². The third-order valence-corrected chi connectivity index (χ3v) is 4.52. The zero-order valence-electron chi connectivity index (χ0n) is 17.0. The molecule has 1 heterocycles. The molecule has 0 aliphatic heterocycles. The maximum absolute atomic E-state index is 14.4. The Morgan fingerprint density at radius 3 is 2.39 bits per heavy atom. The van der Waals surface area contributed by atoms with Gasteiger partial charge in [0, 0.05) is 35.0 Å². The Kier molecular flexibility index (Phi) is 6.09. The molecule has 0 radical (unpaired) electrons. The van der Waals surface area contributed by atoms with E-state index < -0.39 is 17.6 Å². The number of hydrogen-bond donors (Lipinski definition) is 3. The van der Waals surface area contributed by atoms with Crippen molar-refractivity contribution in [3.05, 3.63) is 90.4 Å². The normalized spacial score (nSPS) is 10.7. The Bertz CT molecular complexity index is 1420. The van der Waals surface area contributed by atoms with Gasteiger partial charge in [0.25, 0.3) is 0 Å². The number of amides is 2. The fourth-order valence-corrected chi connectivity index (χ4v) is 2.97. The zero-order chi connectivity index (χ0) is 23.2. The van der Waals surface area contributed by atoms with E-state index in [0.29, 0.717) is 5.69 Å². The van der Waals surface area contributed by atoms with Gasteiger partial charge in [-0.05, 0) is 42.5 Å². The van der Waals surface area contributed by atoms with Crippen LogP contribution in [0.4, 0.5) is 15.8 Å². The number of nitrogens with one attached hydrogen (secondary N) is 3. The maximum atomic E-state index is 14.4. The predicted molar refractivity (Wildman–Crippen MR) is 120 cm³/mol. The summed E-state index contributed by atoms with van der Waals surface area (Å²) in [6.45, 7) is 0. The molecule has 0 spiro atoms. The van der Waals surface area contributed by atoms with Crippen LogP contribution >= 0.6 is 0 Å². The summed E-state index contributed by atoms with van der Waals surface area (Å²) in [6, 6.07) is 17.5. The van der Waals surface area contributed by atoms with Crippen molar-refractivity contribution in [2.45, 2.75) is 0 Å². The van der Waals surface area contributed by atoms with Crippen molar-refractivity contribution in [1.82, 2.24) is 10.2 Å². The molecule has 0 aliphatic carbocycles. The first-order valence-corrected chi connectivity index (χ1v) is 9.71. The number of aromatic amines is 1. The van der Waals surface area contributed by atoms with E-state index >= 15 is 0 Å². The molecule has 0 aliphatic rings. The molecule has 3 aromatic carbocycles. The van der Waals surface area contributed by atoms with Crippen molar-refractivity contribution in [3.8, 4) is 17.6 Å². The molecule has 0 fully saturated rings. The number of anilines is 2. The van der Waals surface area contributed by atoms with Crippen LogP contribution in [0.1, 0.15) is 5.56 Å². The van der Waals surface area contributed by atoms with Gasteiger partial charge in [-0.15, -0.1) is 0 Å². The Morgan fingerprint density at radius 2 is 1.67 bits per heavy atom. The Labute approximate surface area is 187 Å². The molecular weight excluding hydrogens is 425 g/mol. The summed E-state index contributed by atoms with van der Waals surface area (Å²) in [6.07, 6.45) is 3.74. The van der Waals surface area contributed by atoms with Gasteiger partial charge in [0.2, 0.25) is 11.8 Å². The van der Waals surface area contributed by atoms with Crippen LogP contribution in [0, 0.1) is 17.1 Å². The molecule has 0 unspecified atom stereocenters. The highest BCUT2D eigenvalue weighted by Crippen LogP contribution is 2.28. The van der Waals surface area contributed by atoms with Crippen molar-refractivity contribution in [2.75, 3.05) is 10.6 Å². The number of H-pyrrole nitrogens is 1. The maximum Gasteiger partial charge on any atom is 0.248 e. The predicted octanol–water partition coefficient (Wildman–Crippen LogP) is 4.50. The van der Waals surface area contributed by atoms with Crippen LogP contribution < -0.4 is 15.4 Å². The lowest BCUT2D eigenvalue weighted by Crippen LogP contribution is -2.12. The second kappa shape index (κ2) is 9.45. The average molecular weight is 441 g/mol.